The van der Waals surface area contributed by atoms with E-state index in [4.69, 9.17) is 11.6 Å². The average Bonchev–Trinajstić information content (AvgIpc) is 2.83. The van der Waals surface area contributed by atoms with Gasteiger partial charge in [0.05, 0.1) is 12.6 Å². The fraction of sp³-hybridized carbons (Fsp3) is 0.385. The lowest BCUT2D eigenvalue weighted by Gasteiger charge is -2.15. The van der Waals surface area contributed by atoms with Gasteiger partial charge in [0, 0.05) is 23.7 Å². The molecule has 1 heterocycles. The van der Waals surface area contributed by atoms with Crippen molar-refractivity contribution >= 4 is 23.4 Å². The molecule has 0 aliphatic carbocycles. The first-order valence-corrected chi connectivity index (χ1v) is 6.43. The minimum absolute atomic E-state index is 0.0613. The topological polar surface area (TPSA) is 69.6 Å². The van der Waals surface area contributed by atoms with Gasteiger partial charge in [0.1, 0.15) is 0 Å². The van der Waals surface area contributed by atoms with Gasteiger partial charge in [-0.2, -0.15) is 0 Å². The molecule has 6 heteroatoms. The summed E-state index contributed by atoms with van der Waals surface area (Å²) < 4.78 is 0. The summed E-state index contributed by atoms with van der Waals surface area (Å²) in [6.07, 6.45) is 0.146. The minimum atomic E-state index is -0.448. The zero-order valence-electron chi connectivity index (χ0n) is 10.3. The average molecular weight is 283 g/mol. The Morgan fingerprint density at radius 3 is 2.63 bits per heavy atom. The number of aliphatic hydroxyl groups is 1. The Bertz CT molecular complexity index is 475. The van der Waals surface area contributed by atoms with Crippen molar-refractivity contribution in [1.82, 2.24) is 10.2 Å². The molecule has 2 rings (SSSR count). The summed E-state index contributed by atoms with van der Waals surface area (Å²) in [6, 6.07) is 6.44. The van der Waals surface area contributed by atoms with Crippen molar-refractivity contribution in [1.29, 1.82) is 0 Å². The van der Waals surface area contributed by atoms with Crippen LogP contribution in [0.1, 0.15) is 16.8 Å². The molecule has 5 nitrogen and oxygen atoms in total. The van der Waals surface area contributed by atoms with E-state index in [9.17, 15) is 14.7 Å². The summed E-state index contributed by atoms with van der Waals surface area (Å²) in [7, 11) is 0. The smallest absolute Gasteiger partial charge is 0.251 e. The quantitative estimate of drug-likeness (QED) is 0.856. The van der Waals surface area contributed by atoms with Crippen LogP contribution in [0.25, 0.3) is 0 Å². The lowest BCUT2D eigenvalue weighted by Crippen LogP contribution is -2.39. The lowest BCUT2D eigenvalue weighted by atomic mass is 10.2. The standard InChI is InChI=1S/C13H15ClN2O3/c14-10-3-1-9(2-4-10)13(19)15-7-12(18)16-6-5-11(17)8-16/h1-4,11,17H,5-8H2,(H,15,19). The molecule has 1 fully saturated rings. The number of hydrogen-bond donors (Lipinski definition) is 2. The molecule has 1 aromatic rings. The maximum absolute atomic E-state index is 11.8. The summed E-state index contributed by atoms with van der Waals surface area (Å²) in [5, 5.41) is 12.4. The zero-order valence-corrected chi connectivity index (χ0v) is 11.1. The minimum Gasteiger partial charge on any atom is -0.391 e. The molecule has 1 aromatic carbocycles. The monoisotopic (exact) mass is 282 g/mol. The Balaban J connectivity index is 1.83. The fourth-order valence-electron chi connectivity index (χ4n) is 1.94. The number of nitrogens with one attached hydrogen (secondary N) is 1. The second kappa shape index (κ2) is 6.04. The zero-order chi connectivity index (χ0) is 13.8. The normalized spacial score (nSPS) is 18.4. The predicted octanol–water partition coefficient (Wildman–Crippen LogP) is 0.663. The van der Waals surface area contributed by atoms with Crippen LogP contribution in [0.4, 0.5) is 0 Å². The van der Waals surface area contributed by atoms with Gasteiger partial charge < -0.3 is 15.3 Å². The highest BCUT2D eigenvalue weighted by molar-refractivity contribution is 6.30. The molecule has 102 valence electrons. The van der Waals surface area contributed by atoms with Crippen LogP contribution in [-0.4, -0.2) is 47.6 Å². The van der Waals surface area contributed by atoms with Gasteiger partial charge in [-0.1, -0.05) is 11.6 Å². The third-order valence-corrected chi connectivity index (χ3v) is 3.27. The fourth-order valence-corrected chi connectivity index (χ4v) is 2.07. The Labute approximate surface area is 116 Å². The van der Waals surface area contributed by atoms with Crippen molar-refractivity contribution in [2.75, 3.05) is 19.6 Å². The summed E-state index contributed by atoms with van der Waals surface area (Å²) in [4.78, 5) is 25.1. The van der Waals surface area contributed by atoms with Crippen molar-refractivity contribution in [3.05, 3.63) is 34.9 Å². The van der Waals surface area contributed by atoms with E-state index in [1.807, 2.05) is 0 Å². The van der Waals surface area contributed by atoms with Gasteiger partial charge in [0.15, 0.2) is 0 Å². The van der Waals surface area contributed by atoms with Crippen molar-refractivity contribution in [2.45, 2.75) is 12.5 Å². The number of aliphatic hydroxyl groups excluding tert-OH is 1. The van der Waals surface area contributed by atoms with Crippen LogP contribution in [0.3, 0.4) is 0 Å². The SMILES string of the molecule is O=C(NCC(=O)N1CCC(O)C1)c1ccc(Cl)cc1. The Kier molecular flexibility index (Phi) is 4.39. The predicted molar refractivity (Wildman–Crippen MR) is 71.0 cm³/mol. The van der Waals surface area contributed by atoms with Crippen LogP contribution in [-0.2, 0) is 4.79 Å². The van der Waals surface area contributed by atoms with Crippen LogP contribution in [0, 0.1) is 0 Å². The molecule has 1 saturated heterocycles. The van der Waals surface area contributed by atoms with E-state index in [0.717, 1.165) is 0 Å². The number of nitrogens with zero attached hydrogens (tertiary/aromatic N) is 1. The van der Waals surface area contributed by atoms with Gasteiger partial charge in [-0.3, -0.25) is 9.59 Å². The van der Waals surface area contributed by atoms with Gasteiger partial charge in [-0.05, 0) is 30.7 Å². The van der Waals surface area contributed by atoms with Crippen molar-refractivity contribution in [3.63, 3.8) is 0 Å². The van der Waals surface area contributed by atoms with Gasteiger partial charge in [-0.25, -0.2) is 0 Å². The number of likely N-dealkylation sites (tertiary alicyclic amines) is 1. The van der Waals surface area contributed by atoms with E-state index in [2.05, 4.69) is 5.32 Å². The molecule has 1 unspecified atom stereocenters. The second-order valence-electron chi connectivity index (χ2n) is 4.47. The van der Waals surface area contributed by atoms with Crippen molar-refractivity contribution in [3.8, 4) is 0 Å². The van der Waals surface area contributed by atoms with E-state index >= 15 is 0 Å². The maximum Gasteiger partial charge on any atom is 0.251 e. The highest BCUT2D eigenvalue weighted by Crippen LogP contribution is 2.10. The first-order chi connectivity index (χ1) is 9.06. The van der Waals surface area contributed by atoms with E-state index in [-0.39, 0.29) is 18.4 Å². The summed E-state index contributed by atoms with van der Waals surface area (Å²) in [6.45, 7) is 0.820. The molecule has 1 aliphatic rings. The molecule has 1 atom stereocenters. The van der Waals surface area contributed by atoms with Crippen LogP contribution in [0.15, 0.2) is 24.3 Å². The molecule has 0 radical (unpaired) electrons. The van der Waals surface area contributed by atoms with Gasteiger partial charge in [0.2, 0.25) is 5.91 Å². The highest BCUT2D eigenvalue weighted by Gasteiger charge is 2.24. The number of halogens is 1. The van der Waals surface area contributed by atoms with Crippen LogP contribution in [0.2, 0.25) is 5.02 Å². The number of carbonyl (C=O) groups excluding carboxylic acids is 2. The summed E-state index contributed by atoms with van der Waals surface area (Å²) in [5.41, 5.74) is 0.457. The number of rotatable bonds is 3. The number of hydrogen-bond acceptors (Lipinski definition) is 3. The molecule has 0 saturated carbocycles. The molecule has 2 N–H and O–H groups in total. The van der Waals surface area contributed by atoms with E-state index in [1.165, 1.54) is 0 Å². The van der Waals surface area contributed by atoms with Gasteiger partial charge >= 0.3 is 0 Å². The lowest BCUT2D eigenvalue weighted by molar-refractivity contribution is -0.129. The third kappa shape index (κ3) is 3.68. The molecule has 2 amide bonds. The molecule has 19 heavy (non-hydrogen) atoms. The molecule has 0 aromatic heterocycles. The van der Waals surface area contributed by atoms with Crippen LogP contribution in [0.5, 0.6) is 0 Å². The molecular formula is C13H15ClN2O3. The molecular weight excluding hydrogens is 268 g/mol. The highest BCUT2D eigenvalue weighted by atomic mass is 35.5. The maximum atomic E-state index is 11.8. The Morgan fingerprint density at radius 2 is 2.05 bits per heavy atom. The summed E-state index contributed by atoms with van der Waals surface area (Å²) in [5.74, 6) is -0.497. The Hall–Kier alpha value is -1.59. The van der Waals surface area contributed by atoms with Crippen LogP contribution < -0.4 is 5.32 Å². The number of amides is 2. The van der Waals surface area contributed by atoms with E-state index in [0.29, 0.717) is 30.1 Å². The van der Waals surface area contributed by atoms with Gasteiger partial charge in [0.25, 0.3) is 5.91 Å². The number of β-amino-alcohol motifs (C(OH)–C–C–N with tert-alkyl or cyclic N) is 1. The largest absolute Gasteiger partial charge is 0.391 e. The molecule has 1 aliphatic heterocycles. The van der Waals surface area contributed by atoms with Crippen molar-refractivity contribution in [2.24, 2.45) is 0 Å². The van der Waals surface area contributed by atoms with E-state index in [1.54, 1.807) is 29.2 Å². The third-order valence-electron chi connectivity index (χ3n) is 3.02. The molecule has 0 spiro atoms. The first kappa shape index (κ1) is 13.8. The number of benzene rings is 1. The van der Waals surface area contributed by atoms with Crippen LogP contribution >= 0.6 is 11.6 Å². The van der Waals surface area contributed by atoms with E-state index < -0.39 is 6.10 Å². The summed E-state index contributed by atoms with van der Waals surface area (Å²) >= 11 is 5.73. The Morgan fingerprint density at radius 1 is 1.37 bits per heavy atom. The van der Waals surface area contributed by atoms with Gasteiger partial charge in [-0.15, -0.1) is 0 Å². The molecule has 0 bridgehead atoms. The van der Waals surface area contributed by atoms with Crippen molar-refractivity contribution < 1.29 is 14.7 Å². The second-order valence-corrected chi connectivity index (χ2v) is 4.91. The first-order valence-electron chi connectivity index (χ1n) is 6.06. The number of carbonyl (C=O) groups is 2.